The summed E-state index contributed by atoms with van der Waals surface area (Å²) in [6, 6.07) is 0. The number of halogens is 1. The van der Waals surface area contributed by atoms with E-state index in [4.69, 9.17) is 23.7 Å². The molecule has 0 amide bonds. The Morgan fingerprint density at radius 3 is 2.32 bits per heavy atom. The van der Waals surface area contributed by atoms with Crippen LogP contribution in [0.4, 0.5) is 0 Å². The molecule has 1 aromatic rings. The smallest absolute Gasteiger partial charge is 0.342 e. The second-order valence-electron chi connectivity index (χ2n) is 13.4. The van der Waals surface area contributed by atoms with Crippen molar-refractivity contribution in [1.82, 2.24) is 4.90 Å². The summed E-state index contributed by atoms with van der Waals surface area (Å²) in [4.78, 5) is 41.6. The summed E-state index contributed by atoms with van der Waals surface area (Å²) in [5.74, 6) is 1.79. The van der Waals surface area contributed by atoms with Crippen molar-refractivity contribution in [2.75, 3.05) is 46.6 Å². The molecule has 0 radical (unpaired) electrons. The Morgan fingerprint density at radius 2 is 1.68 bits per heavy atom. The molecule has 9 nitrogen and oxygen atoms in total. The maximum atomic E-state index is 14.0. The lowest BCUT2D eigenvalue weighted by atomic mass is 9.49. The number of hydrogen-bond donors (Lipinski definition) is 0. The number of methoxy groups -OCH3 is 1. The number of morpholine rings is 1. The number of hydrogen-bond acceptors (Lipinski definition) is 9. The Bertz CT molecular complexity index is 1270. The molecule has 5 fully saturated rings. The highest BCUT2D eigenvalue weighted by Crippen LogP contribution is 2.60. The highest BCUT2D eigenvalue weighted by atomic mass is 35.5. The van der Waals surface area contributed by atoms with E-state index in [2.05, 4.69) is 4.90 Å². The quantitative estimate of drug-likeness (QED) is 0.181. The van der Waals surface area contributed by atoms with Crippen LogP contribution in [0.5, 0.6) is 11.5 Å². The molecular formula is C34H46ClNO8. The fourth-order valence-corrected chi connectivity index (χ4v) is 8.55. The van der Waals surface area contributed by atoms with Crippen LogP contribution in [0, 0.1) is 30.1 Å². The molecule has 2 heterocycles. The molecular weight excluding hydrogens is 586 g/mol. The Labute approximate surface area is 266 Å². The Morgan fingerprint density at radius 1 is 1.02 bits per heavy atom. The number of ether oxygens (including phenoxy) is 5. The van der Waals surface area contributed by atoms with Crippen molar-refractivity contribution in [2.24, 2.45) is 23.2 Å². The number of carbonyl (C=O) groups is 3. The van der Waals surface area contributed by atoms with Gasteiger partial charge in [0.15, 0.2) is 5.75 Å². The highest BCUT2D eigenvalue weighted by Gasteiger charge is 2.56. The van der Waals surface area contributed by atoms with E-state index in [1.165, 1.54) is 19.3 Å². The van der Waals surface area contributed by atoms with E-state index >= 15 is 0 Å². The molecule has 0 unspecified atom stereocenters. The van der Waals surface area contributed by atoms with E-state index in [0.717, 1.165) is 62.3 Å². The van der Waals surface area contributed by atoms with E-state index < -0.39 is 11.4 Å². The summed E-state index contributed by atoms with van der Waals surface area (Å²) in [5.41, 5.74) is 3.10. The molecule has 0 N–H and O–H groups in total. The van der Waals surface area contributed by atoms with Gasteiger partial charge in [0.25, 0.3) is 0 Å². The molecule has 4 aliphatic carbocycles. The number of nitrogens with zero attached hydrogens (tertiary/aromatic N) is 1. The number of benzene rings is 1. The predicted octanol–water partition coefficient (Wildman–Crippen LogP) is 5.36. The van der Waals surface area contributed by atoms with Crippen LogP contribution in [-0.2, 0) is 36.8 Å². The van der Waals surface area contributed by atoms with Gasteiger partial charge in [-0.05, 0) is 88.5 Å². The van der Waals surface area contributed by atoms with Crippen molar-refractivity contribution in [3.05, 3.63) is 33.9 Å². The van der Waals surface area contributed by atoms with Gasteiger partial charge in [-0.2, -0.15) is 0 Å². The minimum absolute atomic E-state index is 0. The fourth-order valence-electron chi connectivity index (χ4n) is 8.55. The van der Waals surface area contributed by atoms with Crippen LogP contribution in [0.1, 0.15) is 85.3 Å². The first-order valence-corrected chi connectivity index (χ1v) is 16.0. The molecule has 4 saturated carbocycles. The largest absolute Gasteiger partial charge is 0.496 e. The van der Waals surface area contributed by atoms with Crippen molar-refractivity contribution >= 4 is 30.3 Å². The van der Waals surface area contributed by atoms with Gasteiger partial charge in [-0.15, -0.1) is 12.4 Å². The van der Waals surface area contributed by atoms with Crippen LogP contribution in [0.3, 0.4) is 0 Å². The van der Waals surface area contributed by atoms with Gasteiger partial charge >= 0.3 is 17.9 Å². The second kappa shape index (κ2) is 13.8. The molecule has 7 rings (SSSR count). The van der Waals surface area contributed by atoms with Gasteiger partial charge in [-0.25, -0.2) is 4.79 Å². The van der Waals surface area contributed by atoms with Gasteiger partial charge in [-0.1, -0.05) is 11.6 Å². The number of cyclic esters (lactones) is 1. The van der Waals surface area contributed by atoms with Gasteiger partial charge in [0.2, 0.25) is 0 Å². The zero-order chi connectivity index (χ0) is 30.1. The monoisotopic (exact) mass is 631 g/mol. The molecule has 4 bridgehead atoms. The summed E-state index contributed by atoms with van der Waals surface area (Å²) in [6.45, 7) is 8.29. The van der Waals surface area contributed by atoms with Crippen LogP contribution in [0.25, 0.3) is 0 Å². The molecule has 1 aromatic carbocycles. The van der Waals surface area contributed by atoms with Crippen LogP contribution in [0.2, 0.25) is 0 Å². The third-order valence-corrected chi connectivity index (χ3v) is 10.4. The fraction of sp³-hybridized carbons (Fsp3) is 0.676. The van der Waals surface area contributed by atoms with E-state index in [9.17, 15) is 14.4 Å². The van der Waals surface area contributed by atoms with Crippen molar-refractivity contribution in [1.29, 1.82) is 0 Å². The number of allylic oxidation sites excluding steroid dienone is 2. The van der Waals surface area contributed by atoms with Gasteiger partial charge < -0.3 is 23.7 Å². The van der Waals surface area contributed by atoms with Gasteiger partial charge in [0, 0.05) is 37.2 Å². The maximum absolute atomic E-state index is 14.0. The normalized spacial score (nSPS) is 27.4. The minimum atomic E-state index is -0.465. The molecule has 0 spiro atoms. The summed E-state index contributed by atoms with van der Waals surface area (Å²) < 4.78 is 28.4. The lowest BCUT2D eigenvalue weighted by molar-refractivity contribution is -0.161. The van der Waals surface area contributed by atoms with Crippen LogP contribution >= 0.6 is 12.4 Å². The molecule has 242 valence electrons. The molecule has 0 atom stereocenters. The zero-order valence-electron chi connectivity index (χ0n) is 26.2. The third kappa shape index (κ3) is 6.65. The molecule has 10 heteroatoms. The summed E-state index contributed by atoms with van der Waals surface area (Å²) >= 11 is 0. The lowest BCUT2D eigenvalue weighted by Crippen LogP contribution is -2.51. The van der Waals surface area contributed by atoms with E-state index in [0.29, 0.717) is 60.6 Å². The van der Waals surface area contributed by atoms with Crippen molar-refractivity contribution in [3.63, 3.8) is 0 Å². The molecule has 1 saturated heterocycles. The summed E-state index contributed by atoms with van der Waals surface area (Å²) in [7, 11) is 1.60. The first-order valence-electron chi connectivity index (χ1n) is 16.0. The van der Waals surface area contributed by atoms with Crippen molar-refractivity contribution in [2.45, 2.75) is 78.2 Å². The number of fused-ring (bicyclic) bond motifs is 1. The molecule has 0 aromatic heterocycles. The number of carbonyl (C=O) groups excluding carboxylic acids is 3. The summed E-state index contributed by atoms with van der Waals surface area (Å²) in [5, 5.41) is 0. The molecule has 2 aliphatic heterocycles. The Balaban J connectivity index is 0.00000384. The Kier molecular flexibility index (Phi) is 10.3. The van der Waals surface area contributed by atoms with Crippen LogP contribution < -0.4 is 9.47 Å². The van der Waals surface area contributed by atoms with E-state index in [1.807, 2.05) is 19.9 Å². The predicted molar refractivity (Wildman–Crippen MR) is 165 cm³/mol. The topological polar surface area (TPSA) is 101 Å². The SMILES string of the molecule is COc1c(C)c2c(c(OC(=O)C34CC5CC(CC(C5)C3)C4)c1C/C=C(\C)CCC(=O)OCCN1CCOCC1)C(=O)OC2.Cl. The van der Waals surface area contributed by atoms with Gasteiger partial charge in [0.05, 0.1) is 25.7 Å². The average molecular weight is 632 g/mol. The van der Waals surface area contributed by atoms with Crippen molar-refractivity contribution < 1.29 is 38.1 Å². The minimum Gasteiger partial charge on any atom is -0.496 e. The number of rotatable bonds is 11. The zero-order valence-corrected chi connectivity index (χ0v) is 27.1. The molecule has 44 heavy (non-hydrogen) atoms. The first kappa shape index (κ1) is 32.8. The Hall–Kier alpha value is -2.62. The first-order chi connectivity index (χ1) is 20.8. The lowest BCUT2D eigenvalue weighted by Gasteiger charge is -2.55. The third-order valence-electron chi connectivity index (χ3n) is 10.4. The van der Waals surface area contributed by atoms with E-state index in [1.54, 1.807) is 7.11 Å². The van der Waals surface area contributed by atoms with Gasteiger partial charge in [-0.3, -0.25) is 14.5 Å². The van der Waals surface area contributed by atoms with E-state index in [-0.39, 0.29) is 43.1 Å². The van der Waals surface area contributed by atoms with Gasteiger partial charge in [0.1, 0.15) is 24.5 Å². The second-order valence-corrected chi connectivity index (χ2v) is 13.4. The summed E-state index contributed by atoms with van der Waals surface area (Å²) in [6.07, 6.45) is 9.56. The van der Waals surface area contributed by atoms with Crippen LogP contribution in [0.15, 0.2) is 11.6 Å². The van der Waals surface area contributed by atoms with Crippen molar-refractivity contribution in [3.8, 4) is 11.5 Å². The maximum Gasteiger partial charge on any atom is 0.342 e. The average Bonchev–Trinajstić information content (AvgIpc) is 3.38. The standard InChI is InChI=1S/C34H45NO8.ClH/c1-21(5-7-28(36)41-13-10-35-8-11-40-12-9-35)4-6-26-30(39-3)22(2)27-20-42-32(37)29(27)31(26)43-33(38)34-17-23-14-24(18-34)16-25(15-23)19-34;/h4,23-25H,5-20H2,1-3H3;1H/b21-4+;. The number of esters is 3. The highest BCUT2D eigenvalue weighted by molar-refractivity contribution is 5.99. The molecule has 6 aliphatic rings. The van der Waals surface area contributed by atoms with Crippen LogP contribution in [-0.4, -0.2) is 69.4 Å².